The van der Waals surface area contributed by atoms with Crippen molar-refractivity contribution in [2.45, 2.75) is 32.1 Å². The van der Waals surface area contributed by atoms with Crippen molar-refractivity contribution in [3.8, 4) is 11.1 Å². The fourth-order valence-electron chi connectivity index (χ4n) is 4.43. The fourth-order valence-corrected chi connectivity index (χ4v) is 6.62. The summed E-state index contributed by atoms with van der Waals surface area (Å²) in [6, 6.07) is 9.61. The van der Waals surface area contributed by atoms with E-state index in [0.717, 1.165) is 45.5 Å². The first-order chi connectivity index (χ1) is 16.6. The van der Waals surface area contributed by atoms with E-state index >= 15 is 0 Å². The van der Waals surface area contributed by atoms with Gasteiger partial charge in [-0.05, 0) is 30.4 Å². The molecule has 4 aromatic heterocycles. The van der Waals surface area contributed by atoms with Crippen molar-refractivity contribution >= 4 is 49.0 Å². The normalized spacial score (nSPS) is 12.9. The molecule has 5 aromatic rings. The predicted molar refractivity (Wildman–Crippen MR) is 134 cm³/mol. The van der Waals surface area contributed by atoms with E-state index in [-0.39, 0.29) is 29.9 Å². The summed E-state index contributed by atoms with van der Waals surface area (Å²) in [5, 5.41) is 3.07. The number of rotatable bonds is 5. The minimum Gasteiger partial charge on any atom is -0.310 e. The van der Waals surface area contributed by atoms with Crippen molar-refractivity contribution in [3.05, 3.63) is 79.0 Å². The van der Waals surface area contributed by atoms with Crippen molar-refractivity contribution in [3.63, 3.8) is 0 Å². The van der Waals surface area contributed by atoms with Crippen LogP contribution >= 0.6 is 22.7 Å². The van der Waals surface area contributed by atoms with Crippen LogP contribution in [-0.4, -0.2) is 25.5 Å². The van der Waals surface area contributed by atoms with Crippen LogP contribution in [0.5, 0.6) is 0 Å². The van der Waals surface area contributed by atoms with Gasteiger partial charge in [0.1, 0.15) is 21.8 Å². The number of nitrogens with zero attached hydrogens (tertiary/aromatic N) is 3. The number of benzene rings is 1. The van der Waals surface area contributed by atoms with Crippen LogP contribution in [-0.2, 0) is 24.1 Å². The zero-order chi connectivity index (χ0) is 23.2. The summed E-state index contributed by atoms with van der Waals surface area (Å²) < 4.78 is 1.12. The molecule has 2 N–H and O–H groups in total. The molecule has 0 saturated carbocycles. The standard InChI is InChI=1S/C24H19N5O3S2/c30-18(10-9-17-26-21(31)19-14-7-4-8-16(14)34-23(19)27-17)28-29-12-25-22-20(24(29)32)15(11-33-22)13-5-2-1-3-6-13/h1-3,5-6,11-12H,4,7-10H2,(H,28,30)(H,26,27,31). The smallest absolute Gasteiger partial charge is 0.281 e. The van der Waals surface area contributed by atoms with E-state index < -0.39 is 0 Å². The maximum absolute atomic E-state index is 13.1. The molecule has 1 aliphatic carbocycles. The van der Waals surface area contributed by atoms with Gasteiger partial charge in [0, 0.05) is 28.7 Å². The topological polar surface area (TPSA) is 110 Å². The highest BCUT2D eigenvalue weighted by Gasteiger charge is 2.21. The number of thiophene rings is 2. The molecule has 0 bridgehead atoms. The molecule has 0 radical (unpaired) electrons. The van der Waals surface area contributed by atoms with E-state index in [1.807, 2.05) is 35.7 Å². The van der Waals surface area contributed by atoms with Gasteiger partial charge < -0.3 is 4.98 Å². The molecule has 4 heterocycles. The van der Waals surface area contributed by atoms with E-state index in [9.17, 15) is 14.4 Å². The summed E-state index contributed by atoms with van der Waals surface area (Å²) in [6.07, 6.45) is 4.66. The van der Waals surface area contributed by atoms with Crippen LogP contribution in [0.2, 0.25) is 0 Å². The first-order valence-corrected chi connectivity index (χ1v) is 12.7. The first-order valence-electron chi connectivity index (χ1n) is 11.0. The Morgan fingerprint density at radius 3 is 2.82 bits per heavy atom. The lowest BCUT2D eigenvalue weighted by atomic mass is 10.1. The molecule has 6 rings (SSSR count). The van der Waals surface area contributed by atoms with Gasteiger partial charge in [-0.2, -0.15) is 0 Å². The fraction of sp³-hybridized carbons (Fsp3) is 0.208. The predicted octanol–water partition coefficient (Wildman–Crippen LogP) is 3.61. The number of fused-ring (bicyclic) bond motifs is 4. The Morgan fingerprint density at radius 2 is 1.97 bits per heavy atom. The van der Waals surface area contributed by atoms with Crippen molar-refractivity contribution in [2.24, 2.45) is 0 Å². The molecular formula is C24H19N5O3S2. The third-order valence-corrected chi connectivity index (χ3v) is 8.11. The third-order valence-electron chi connectivity index (χ3n) is 6.04. The van der Waals surface area contributed by atoms with Crippen LogP contribution in [0.1, 0.15) is 29.1 Å². The Hall–Kier alpha value is -3.63. The summed E-state index contributed by atoms with van der Waals surface area (Å²) in [4.78, 5) is 52.7. The SMILES string of the molecule is O=C(CCc1nc2sc3c(c2c(=O)[nH]1)CCC3)Nn1cnc2scc(-c3ccccc3)c2c1=O. The molecule has 0 aliphatic heterocycles. The number of carbonyl (C=O) groups excluding carboxylic acids is 1. The summed E-state index contributed by atoms with van der Waals surface area (Å²) >= 11 is 2.96. The molecule has 8 nitrogen and oxygen atoms in total. The number of hydrogen-bond acceptors (Lipinski definition) is 7. The van der Waals surface area contributed by atoms with Crippen LogP contribution in [0.3, 0.4) is 0 Å². The highest BCUT2D eigenvalue weighted by atomic mass is 32.1. The van der Waals surface area contributed by atoms with E-state index in [2.05, 4.69) is 20.4 Å². The number of H-pyrrole nitrogens is 1. The number of aromatic amines is 1. The van der Waals surface area contributed by atoms with Gasteiger partial charge in [0.15, 0.2) is 0 Å². The Morgan fingerprint density at radius 1 is 1.12 bits per heavy atom. The lowest BCUT2D eigenvalue weighted by Crippen LogP contribution is -2.33. The van der Waals surface area contributed by atoms with Gasteiger partial charge in [-0.25, -0.2) is 14.6 Å². The molecule has 10 heteroatoms. The molecule has 1 aliphatic rings. The monoisotopic (exact) mass is 489 g/mol. The minimum absolute atomic E-state index is 0.0686. The summed E-state index contributed by atoms with van der Waals surface area (Å²) in [5.41, 5.74) is 4.98. The van der Waals surface area contributed by atoms with Crippen LogP contribution < -0.4 is 16.5 Å². The van der Waals surface area contributed by atoms with Crippen LogP contribution in [0.25, 0.3) is 31.6 Å². The number of aryl methyl sites for hydroxylation is 3. The molecule has 1 aromatic carbocycles. The average molecular weight is 490 g/mol. The largest absolute Gasteiger partial charge is 0.310 e. The highest BCUT2D eigenvalue weighted by Crippen LogP contribution is 2.34. The van der Waals surface area contributed by atoms with Gasteiger partial charge in [-0.3, -0.25) is 19.8 Å². The highest BCUT2D eigenvalue weighted by molar-refractivity contribution is 7.19. The first kappa shape index (κ1) is 20.9. The van der Waals surface area contributed by atoms with Gasteiger partial charge in [0.25, 0.3) is 11.1 Å². The molecular weight excluding hydrogens is 470 g/mol. The van der Waals surface area contributed by atoms with Crippen molar-refractivity contribution in [1.82, 2.24) is 19.6 Å². The number of nitrogens with one attached hydrogen (secondary N) is 2. The summed E-state index contributed by atoms with van der Waals surface area (Å²) in [5.74, 6) is 0.105. The zero-order valence-corrected chi connectivity index (χ0v) is 19.6. The van der Waals surface area contributed by atoms with E-state index in [1.165, 1.54) is 22.5 Å². The second kappa shape index (κ2) is 8.30. The second-order valence-corrected chi connectivity index (χ2v) is 10.1. The maximum Gasteiger partial charge on any atom is 0.281 e. The van der Waals surface area contributed by atoms with Crippen LogP contribution in [0.15, 0.2) is 51.6 Å². The Balaban J connectivity index is 1.22. The minimum atomic E-state index is -0.365. The lowest BCUT2D eigenvalue weighted by molar-refractivity contribution is -0.117. The van der Waals surface area contributed by atoms with Gasteiger partial charge in [-0.1, -0.05) is 30.3 Å². The van der Waals surface area contributed by atoms with Gasteiger partial charge in [0.05, 0.1) is 10.8 Å². The maximum atomic E-state index is 13.1. The van der Waals surface area contributed by atoms with Crippen LogP contribution in [0.4, 0.5) is 0 Å². The van der Waals surface area contributed by atoms with Crippen molar-refractivity contribution < 1.29 is 4.79 Å². The molecule has 0 unspecified atom stereocenters. The van der Waals surface area contributed by atoms with Gasteiger partial charge >= 0.3 is 0 Å². The average Bonchev–Trinajstić information content (AvgIpc) is 3.54. The number of amides is 1. The quantitative estimate of drug-likeness (QED) is 0.392. The van der Waals surface area contributed by atoms with Crippen LogP contribution in [0, 0.1) is 0 Å². The number of hydrogen-bond donors (Lipinski definition) is 2. The molecule has 1 amide bonds. The number of carbonyl (C=O) groups is 1. The van der Waals surface area contributed by atoms with Crippen molar-refractivity contribution in [1.29, 1.82) is 0 Å². The molecule has 0 fully saturated rings. The van der Waals surface area contributed by atoms with E-state index in [4.69, 9.17) is 0 Å². The van der Waals surface area contributed by atoms with Crippen molar-refractivity contribution in [2.75, 3.05) is 5.43 Å². The molecule has 0 spiro atoms. The lowest BCUT2D eigenvalue weighted by Gasteiger charge is -2.08. The Bertz CT molecular complexity index is 1680. The Labute approximate surface area is 200 Å². The second-order valence-electron chi connectivity index (χ2n) is 8.20. The third kappa shape index (κ3) is 3.55. The van der Waals surface area contributed by atoms with E-state index in [0.29, 0.717) is 21.4 Å². The van der Waals surface area contributed by atoms with E-state index in [1.54, 1.807) is 11.3 Å². The molecule has 170 valence electrons. The van der Waals surface area contributed by atoms with Gasteiger partial charge in [-0.15, -0.1) is 22.7 Å². The molecule has 34 heavy (non-hydrogen) atoms. The summed E-state index contributed by atoms with van der Waals surface area (Å²) in [6.45, 7) is 0. The molecule has 0 saturated heterocycles. The van der Waals surface area contributed by atoms with Gasteiger partial charge in [0.2, 0.25) is 5.91 Å². The molecule has 0 atom stereocenters. The number of aromatic nitrogens is 4. The Kier molecular flexibility index (Phi) is 5.11. The summed E-state index contributed by atoms with van der Waals surface area (Å²) in [7, 11) is 0. The zero-order valence-electron chi connectivity index (χ0n) is 18.0.